The van der Waals surface area contributed by atoms with Crippen molar-refractivity contribution >= 4 is 33.1 Å². The highest BCUT2D eigenvalue weighted by atomic mass is 32.2. The van der Waals surface area contributed by atoms with Crippen LogP contribution in [0.1, 0.15) is 24.8 Å². The molecule has 1 saturated carbocycles. The third-order valence-corrected chi connectivity index (χ3v) is 4.75. The molecule has 114 valence electrons. The Kier molecular flexibility index (Phi) is 4.92. The van der Waals surface area contributed by atoms with Crippen molar-refractivity contribution in [2.75, 3.05) is 6.54 Å². The van der Waals surface area contributed by atoms with E-state index in [1.54, 1.807) is 12.1 Å². The molecule has 0 saturated heterocycles. The van der Waals surface area contributed by atoms with E-state index < -0.39 is 10.0 Å². The number of hydrogen-bond donors (Lipinski definition) is 3. The minimum absolute atomic E-state index is 0.0674. The first-order valence-corrected chi connectivity index (χ1v) is 8.46. The number of nitrogens with one attached hydrogen (secondary N) is 2. The van der Waals surface area contributed by atoms with E-state index in [9.17, 15) is 13.2 Å². The van der Waals surface area contributed by atoms with Crippen LogP contribution >= 0.6 is 12.2 Å². The average molecular weight is 327 g/mol. The molecule has 0 aliphatic heterocycles. The molecule has 1 aliphatic rings. The van der Waals surface area contributed by atoms with E-state index in [4.69, 9.17) is 18.0 Å². The maximum absolute atomic E-state index is 12.0. The number of thiocarbonyl (C=S) groups is 1. The molecule has 8 heteroatoms. The molecule has 0 bridgehead atoms. The Balaban J connectivity index is 1.88. The Morgan fingerprint density at radius 1 is 1.29 bits per heavy atom. The van der Waals surface area contributed by atoms with Crippen molar-refractivity contribution < 1.29 is 13.2 Å². The van der Waals surface area contributed by atoms with Gasteiger partial charge < -0.3 is 11.1 Å². The molecule has 0 spiro atoms. The number of sulfonamides is 1. The van der Waals surface area contributed by atoms with E-state index in [1.165, 1.54) is 12.1 Å². The van der Waals surface area contributed by atoms with Crippen LogP contribution in [0.2, 0.25) is 0 Å². The van der Waals surface area contributed by atoms with Crippen molar-refractivity contribution in [3.63, 3.8) is 0 Å². The largest absolute Gasteiger partial charge is 0.389 e. The summed E-state index contributed by atoms with van der Waals surface area (Å²) in [4.78, 5) is 11.8. The summed E-state index contributed by atoms with van der Waals surface area (Å²) < 4.78 is 26.4. The van der Waals surface area contributed by atoms with Gasteiger partial charge in [-0.25, -0.2) is 13.1 Å². The zero-order valence-corrected chi connectivity index (χ0v) is 13.0. The van der Waals surface area contributed by atoms with E-state index in [2.05, 4.69) is 10.0 Å². The summed E-state index contributed by atoms with van der Waals surface area (Å²) in [5, 5.41) is 2.80. The molecular formula is C13H17N3O3S2. The number of rotatable bonds is 7. The molecule has 21 heavy (non-hydrogen) atoms. The summed E-state index contributed by atoms with van der Waals surface area (Å²) in [5.74, 6) is -0.135. The van der Waals surface area contributed by atoms with Gasteiger partial charge in [0.25, 0.3) is 0 Å². The highest BCUT2D eigenvalue weighted by Crippen LogP contribution is 2.18. The second kappa shape index (κ2) is 6.50. The molecule has 0 heterocycles. The first-order valence-electron chi connectivity index (χ1n) is 6.57. The molecular weight excluding hydrogens is 310 g/mol. The Labute approximate surface area is 129 Å². The molecule has 1 fully saturated rings. The zero-order valence-electron chi connectivity index (χ0n) is 11.3. The average Bonchev–Trinajstić information content (AvgIpc) is 3.22. The molecule has 0 atom stereocenters. The fourth-order valence-electron chi connectivity index (χ4n) is 1.71. The second-order valence-corrected chi connectivity index (χ2v) is 7.08. The second-order valence-electron chi connectivity index (χ2n) is 4.88. The van der Waals surface area contributed by atoms with Crippen LogP contribution in [0.5, 0.6) is 0 Å². The SMILES string of the molecule is NC(=S)c1ccc(S(=O)(=O)NCCC(=O)NC2CC2)cc1. The van der Waals surface area contributed by atoms with Gasteiger partial charge in [-0.2, -0.15) is 0 Å². The molecule has 1 amide bonds. The van der Waals surface area contributed by atoms with Crippen molar-refractivity contribution in [1.29, 1.82) is 0 Å². The lowest BCUT2D eigenvalue weighted by Crippen LogP contribution is -2.31. The van der Waals surface area contributed by atoms with Gasteiger partial charge in [-0.15, -0.1) is 0 Å². The van der Waals surface area contributed by atoms with Gasteiger partial charge in [-0.3, -0.25) is 4.79 Å². The lowest BCUT2D eigenvalue weighted by molar-refractivity contribution is -0.121. The Morgan fingerprint density at radius 2 is 1.90 bits per heavy atom. The molecule has 2 rings (SSSR count). The van der Waals surface area contributed by atoms with E-state index in [-0.39, 0.29) is 34.8 Å². The van der Waals surface area contributed by atoms with Gasteiger partial charge in [-0.1, -0.05) is 24.4 Å². The Bertz CT molecular complexity index is 637. The lowest BCUT2D eigenvalue weighted by atomic mass is 10.2. The Morgan fingerprint density at radius 3 is 2.43 bits per heavy atom. The standard InChI is InChI=1S/C13H17N3O3S2/c14-13(20)9-1-5-11(6-2-9)21(18,19)15-8-7-12(17)16-10-3-4-10/h1-2,5-6,10,15H,3-4,7-8H2,(H2,14,20)(H,16,17). The van der Waals surface area contributed by atoms with Crippen LogP contribution in [0.15, 0.2) is 29.2 Å². The van der Waals surface area contributed by atoms with Gasteiger partial charge in [0.05, 0.1) is 4.90 Å². The smallest absolute Gasteiger partial charge is 0.240 e. The predicted octanol–water partition coefficient (Wildman–Crippen LogP) is 0.268. The molecule has 4 N–H and O–H groups in total. The lowest BCUT2D eigenvalue weighted by Gasteiger charge is -2.07. The summed E-state index contributed by atoms with van der Waals surface area (Å²) in [7, 11) is -3.63. The van der Waals surface area contributed by atoms with Crippen molar-refractivity contribution in [2.45, 2.75) is 30.2 Å². The number of hydrogen-bond acceptors (Lipinski definition) is 4. The summed E-state index contributed by atoms with van der Waals surface area (Å²) in [6, 6.07) is 6.25. The maximum atomic E-state index is 12.0. The maximum Gasteiger partial charge on any atom is 0.240 e. The highest BCUT2D eigenvalue weighted by molar-refractivity contribution is 7.89. The molecule has 0 radical (unpaired) electrons. The first kappa shape index (κ1) is 15.9. The van der Waals surface area contributed by atoms with Gasteiger partial charge in [0.2, 0.25) is 15.9 Å². The van der Waals surface area contributed by atoms with Crippen LogP contribution in [-0.4, -0.2) is 31.9 Å². The molecule has 1 aromatic rings. The van der Waals surface area contributed by atoms with E-state index >= 15 is 0 Å². The highest BCUT2D eigenvalue weighted by Gasteiger charge is 2.23. The molecule has 1 aromatic carbocycles. The van der Waals surface area contributed by atoms with Gasteiger partial charge in [0.1, 0.15) is 4.99 Å². The minimum atomic E-state index is -3.63. The predicted molar refractivity (Wildman–Crippen MR) is 83.3 cm³/mol. The topological polar surface area (TPSA) is 101 Å². The number of nitrogens with two attached hydrogens (primary N) is 1. The normalized spacial score (nSPS) is 14.7. The third-order valence-electron chi connectivity index (χ3n) is 3.04. The zero-order chi connectivity index (χ0) is 15.5. The van der Waals surface area contributed by atoms with Crippen LogP contribution in [0.3, 0.4) is 0 Å². The van der Waals surface area contributed by atoms with Gasteiger partial charge in [0, 0.05) is 24.6 Å². The van der Waals surface area contributed by atoms with Crippen molar-refractivity contribution in [3.8, 4) is 0 Å². The van der Waals surface area contributed by atoms with Gasteiger partial charge >= 0.3 is 0 Å². The molecule has 0 aromatic heterocycles. The monoisotopic (exact) mass is 327 g/mol. The number of carbonyl (C=O) groups is 1. The third kappa shape index (κ3) is 4.76. The van der Waals surface area contributed by atoms with Crippen LogP contribution in [0, 0.1) is 0 Å². The van der Waals surface area contributed by atoms with Crippen LogP contribution in [-0.2, 0) is 14.8 Å². The summed E-state index contributed by atoms with van der Waals surface area (Å²) in [5.41, 5.74) is 6.06. The van der Waals surface area contributed by atoms with Crippen molar-refractivity contribution in [1.82, 2.24) is 10.0 Å². The van der Waals surface area contributed by atoms with Crippen LogP contribution in [0.4, 0.5) is 0 Å². The molecule has 1 aliphatic carbocycles. The summed E-state index contributed by atoms with van der Waals surface area (Å²) in [6.07, 6.45) is 2.14. The van der Waals surface area contributed by atoms with Crippen molar-refractivity contribution in [2.24, 2.45) is 5.73 Å². The van der Waals surface area contributed by atoms with E-state index in [0.29, 0.717) is 5.56 Å². The summed E-state index contributed by atoms with van der Waals surface area (Å²) in [6.45, 7) is 0.0674. The van der Waals surface area contributed by atoms with E-state index in [1.807, 2.05) is 0 Å². The van der Waals surface area contributed by atoms with Crippen LogP contribution < -0.4 is 15.8 Å². The fraction of sp³-hybridized carbons (Fsp3) is 0.385. The molecule has 0 unspecified atom stereocenters. The fourth-order valence-corrected chi connectivity index (χ4v) is 2.88. The van der Waals surface area contributed by atoms with Crippen molar-refractivity contribution in [3.05, 3.63) is 29.8 Å². The first-order chi connectivity index (χ1) is 9.88. The number of carbonyl (C=O) groups excluding carboxylic acids is 1. The number of benzene rings is 1. The number of amides is 1. The molecule has 6 nitrogen and oxygen atoms in total. The van der Waals surface area contributed by atoms with Crippen LogP contribution in [0.25, 0.3) is 0 Å². The minimum Gasteiger partial charge on any atom is -0.389 e. The van der Waals surface area contributed by atoms with Gasteiger partial charge in [0.15, 0.2) is 0 Å². The van der Waals surface area contributed by atoms with Gasteiger partial charge in [-0.05, 0) is 25.0 Å². The quantitative estimate of drug-likeness (QED) is 0.624. The Hall–Kier alpha value is -1.51. The van der Waals surface area contributed by atoms with E-state index in [0.717, 1.165) is 12.8 Å². The summed E-state index contributed by atoms with van der Waals surface area (Å²) >= 11 is 4.81.